The zero-order chi connectivity index (χ0) is 15.4. The van der Waals surface area contributed by atoms with Gasteiger partial charge in [0.15, 0.2) is 5.82 Å². The third-order valence-electron chi connectivity index (χ3n) is 3.18. The first-order chi connectivity index (χ1) is 10.8. The Kier molecular flexibility index (Phi) is 3.96. The van der Waals surface area contributed by atoms with Crippen molar-refractivity contribution in [1.82, 2.24) is 14.8 Å². The third kappa shape index (κ3) is 2.61. The molecule has 0 fully saturated rings. The summed E-state index contributed by atoms with van der Waals surface area (Å²) in [6.45, 7) is 2.10. The van der Waals surface area contributed by atoms with Crippen molar-refractivity contribution < 1.29 is 9.53 Å². The van der Waals surface area contributed by atoms with Crippen molar-refractivity contribution in [3.05, 3.63) is 66.5 Å². The molecule has 1 aromatic carbocycles. The van der Waals surface area contributed by atoms with Gasteiger partial charge in [-0.3, -0.25) is 0 Å². The molecule has 0 spiro atoms. The van der Waals surface area contributed by atoms with Crippen LogP contribution in [0.3, 0.4) is 0 Å². The third-order valence-corrected chi connectivity index (χ3v) is 3.18. The monoisotopic (exact) mass is 293 g/mol. The second-order valence-corrected chi connectivity index (χ2v) is 4.59. The van der Waals surface area contributed by atoms with Gasteiger partial charge in [0, 0.05) is 11.8 Å². The van der Waals surface area contributed by atoms with Gasteiger partial charge in [-0.25, -0.2) is 14.5 Å². The van der Waals surface area contributed by atoms with Crippen molar-refractivity contribution in [1.29, 1.82) is 0 Å². The predicted octanol–water partition coefficient (Wildman–Crippen LogP) is 3.11. The minimum atomic E-state index is -0.386. The molecule has 3 aromatic rings. The van der Waals surface area contributed by atoms with Gasteiger partial charge in [-0.05, 0) is 19.1 Å². The summed E-state index contributed by atoms with van der Waals surface area (Å²) in [5, 5.41) is 4.32. The van der Waals surface area contributed by atoms with Gasteiger partial charge in [0.2, 0.25) is 0 Å². The van der Waals surface area contributed by atoms with E-state index in [9.17, 15) is 4.79 Å². The molecule has 0 aliphatic carbocycles. The summed E-state index contributed by atoms with van der Waals surface area (Å²) >= 11 is 0. The minimum absolute atomic E-state index is 0.321. The standard InChI is InChI=1S/C17H15N3O2/c1-2-22-17(21)14-12-19-20(15-10-6-7-11-18-15)16(14)13-8-4-3-5-9-13/h3-12H,2H2,1H3. The molecular formula is C17H15N3O2. The highest BCUT2D eigenvalue weighted by Crippen LogP contribution is 2.26. The number of nitrogens with zero attached hydrogens (tertiary/aromatic N) is 3. The number of pyridine rings is 1. The van der Waals surface area contributed by atoms with Crippen LogP contribution in [-0.4, -0.2) is 27.3 Å². The fraction of sp³-hybridized carbons (Fsp3) is 0.118. The first-order valence-corrected chi connectivity index (χ1v) is 7.03. The second kappa shape index (κ2) is 6.22. The lowest BCUT2D eigenvalue weighted by Gasteiger charge is -2.09. The zero-order valence-corrected chi connectivity index (χ0v) is 12.1. The van der Waals surface area contributed by atoms with Crippen LogP contribution in [0.1, 0.15) is 17.3 Å². The first kappa shape index (κ1) is 14.0. The molecule has 0 amide bonds. The van der Waals surface area contributed by atoms with Crippen LogP contribution in [0.4, 0.5) is 0 Å². The van der Waals surface area contributed by atoms with E-state index >= 15 is 0 Å². The summed E-state index contributed by atoms with van der Waals surface area (Å²) in [6.07, 6.45) is 3.21. The molecule has 0 bridgehead atoms. The highest BCUT2D eigenvalue weighted by molar-refractivity contribution is 5.96. The number of hydrogen-bond acceptors (Lipinski definition) is 4. The maximum Gasteiger partial charge on any atom is 0.342 e. The number of benzene rings is 1. The topological polar surface area (TPSA) is 57.0 Å². The molecule has 5 heteroatoms. The molecule has 0 aliphatic rings. The summed E-state index contributed by atoms with van der Waals surface area (Å²) in [5.41, 5.74) is 1.99. The Labute approximate surface area is 128 Å². The molecule has 5 nitrogen and oxygen atoms in total. The molecule has 0 saturated heterocycles. The van der Waals surface area contributed by atoms with E-state index in [4.69, 9.17) is 4.74 Å². The Morgan fingerprint density at radius 1 is 1.14 bits per heavy atom. The molecule has 0 radical (unpaired) electrons. The molecule has 2 aromatic heterocycles. The molecule has 0 unspecified atom stereocenters. The summed E-state index contributed by atoms with van der Waals surface area (Å²) in [7, 11) is 0. The van der Waals surface area contributed by atoms with E-state index in [1.807, 2.05) is 48.5 Å². The lowest BCUT2D eigenvalue weighted by atomic mass is 10.1. The van der Waals surface area contributed by atoms with Crippen LogP contribution >= 0.6 is 0 Å². The second-order valence-electron chi connectivity index (χ2n) is 4.59. The molecular weight excluding hydrogens is 278 g/mol. The Morgan fingerprint density at radius 2 is 1.91 bits per heavy atom. The summed E-state index contributed by atoms with van der Waals surface area (Å²) in [6, 6.07) is 15.2. The maximum absolute atomic E-state index is 12.2. The Hall–Kier alpha value is -2.95. The Balaban J connectivity index is 2.18. The Morgan fingerprint density at radius 3 is 2.59 bits per heavy atom. The molecule has 0 N–H and O–H groups in total. The van der Waals surface area contributed by atoms with E-state index < -0.39 is 0 Å². The number of hydrogen-bond donors (Lipinski definition) is 0. The Bertz CT molecular complexity index is 767. The fourth-order valence-electron chi connectivity index (χ4n) is 2.23. The molecule has 22 heavy (non-hydrogen) atoms. The molecule has 0 aliphatic heterocycles. The number of carbonyl (C=O) groups excluding carboxylic acids is 1. The average Bonchev–Trinajstić information content (AvgIpc) is 3.02. The van der Waals surface area contributed by atoms with Crippen LogP contribution in [-0.2, 0) is 4.74 Å². The summed E-state index contributed by atoms with van der Waals surface area (Å²) in [5.74, 6) is 0.264. The van der Waals surface area contributed by atoms with Crippen LogP contribution in [0.2, 0.25) is 0 Å². The van der Waals surface area contributed by atoms with Gasteiger partial charge in [0.05, 0.1) is 18.5 Å². The number of esters is 1. The van der Waals surface area contributed by atoms with Crippen molar-refractivity contribution in [2.45, 2.75) is 6.92 Å². The SMILES string of the molecule is CCOC(=O)c1cnn(-c2ccccn2)c1-c1ccccc1. The summed E-state index contributed by atoms with van der Waals surface area (Å²) in [4.78, 5) is 16.5. The number of rotatable bonds is 4. The summed E-state index contributed by atoms with van der Waals surface area (Å²) < 4.78 is 6.78. The van der Waals surface area contributed by atoms with Crippen LogP contribution in [0.5, 0.6) is 0 Å². The van der Waals surface area contributed by atoms with E-state index in [-0.39, 0.29) is 5.97 Å². The van der Waals surface area contributed by atoms with Gasteiger partial charge in [0.25, 0.3) is 0 Å². The quantitative estimate of drug-likeness (QED) is 0.694. The number of aromatic nitrogens is 3. The lowest BCUT2D eigenvalue weighted by molar-refractivity contribution is 0.0527. The molecule has 0 atom stereocenters. The van der Waals surface area contributed by atoms with Gasteiger partial charge in [-0.2, -0.15) is 5.10 Å². The van der Waals surface area contributed by atoms with E-state index in [2.05, 4.69) is 10.1 Å². The first-order valence-electron chi connectivity index (χ1n) is 7.03. The van der Waals surface area contributed by atoms with Crippen molar-refractivity contribution >= 4 is 5.97 Å². The van der Waals surface area contributed by atoms with Crippen molar-refractivity contribution in [3.8, 4) is 17.1 Å². The minimum Gasteiger partial charge on any atom is -0.462 e. The predicted molar refractivity (Wildman–Crippen MR) is 82.8 cm³/mol. The highest BCUT2D eigenvalue weighted by Gasteiger charge is 2.21. The normalized spacial score (nSPS) is 10.4. The average molecular weight is 293 g/mol. The maximum atomic E-state index is 12.2. The van der Waals surface area contributed by atoms with Crippen molar-refractivity contribution in [2.24, 2.45) is 0 Å². The van der Waals surface area contributed by atoms with Crippen LogP contribution < -0.4 is 0 Å². The van der Waals surface area contributed by atoms with E-state index in [0.717, 1.165) is 5.56 Å². The van der Waals surface area contributed by atoms with E-state index in [1.165, 1.54) is 6.20 Å². The fourth-order valence-corrected chi connectivity index (χ4v) is 2.23. The van der Waals surface area contributed by atoms with E-state index in [1.54, 1.807) is 17.8 Å². The smallest absolute Gasteiger partial charge is 0.342 e. The highest BCUT2D eigenvalue weighted by atomic mass is 16.5. The van der Waals surface area contributed by atoms with Crippen molar-refractivity contribution in [2.75, 3.05) is 6.61 Å². The van der Waals surface area contributed by atoms with Gasteiger partial charge in [0.1, 0.15) is 5.56 Å². The van der Waals surface area contributed by atoms with Gasteiger partial charge < -0.3 is 4.74 Å². The van der Waals surface area contributed by atoms with Gasteiger partial charge in [-0.15, -0.1) is 0 Å². The van der Waals surface area contributed by atoms with Crippen LogP contribution in [0, 0.1) is 0 Å². The largest absolute Gasteiger partial charge is 0.462 e. The molecule has 2 heterocycles. The molecule has 110 valence electrons. The van der Waals surface area contributed by atoms with Crippen LogP contribution in [0.25, 0.3) is 17.1 Å². The van der Waals surface area contributed by atoms with Crippen LogP contribution in [0.15, 0.2) is 60.9 Å². The van der Waals surface area contributed by atoms with E-state index in [0.29, 0.717) is 23.7 Å². The van der Waals surface area contributed by atoms with Gasteiger partial charge >= 0.3 is 5.97 Å². The van der Waals surface area contributed by atoms with Crippen molar-refractivity contribution in [3.63, 3.8) is 0 Å². The zero-order valence-electron chi connectivity index (χ0n) is 12.1. The molecule has 3 rings (SSSR count). The molecule has 0 saturated carbocycles. The van der Waals surface area contributed by atoms with Gasteiger partial charge in [-0.1, -0.05) is 36.4 Å². The number of carbonyl (C=O) groups is 1. The lowest BCUT2D eigenvalue weighted by Crippen LogP contribution is -2.07. The number of ether oxygens (including phenoxy) is 1.